The fourth-order valence-corrected chi connectivity index (χ4v) is 4.91. The lowest BCUT2D eigenvalue weighted by molar-refractivity contribution is -0.142. The zero-order valence-electron chi connectivity index (χ0n) is 19.7. The third kappa shape index (κ3) is 5.35. The first-order valence-corrected chi connectivity index (χ1v) is 12.0. The molecular formula is C26H27N3O5S. The molecule has 0 unspecified atom stereocenters. The summed E-state index contributed by atoms with van der Waals surface area (Å²) in [4.78, 5) is 40.8. The van der Waals surface area contributed by atoms with Gasteiger partial charge in [-0.1, -0.05) is 69.3 Å². The van der Waals surface area contributed by atoms with Crippen molar-refractivity contribution in [2.45, 2.75) is 39.3 Å². The van der Waals surface area contributed by atoms with E-state index < -0.39 is 29.4 Å². The summed E-state index contributed by atoms with van der Waals surface area (Å²) in [5.41, 5.74) is 3.92. The van der Waals surface area contributed by atoms with Crippen LogP contribution in [-0.4, -0.2) is 40.7 Å². The number of benzene rings is 2. The molecule has 9 heteroatoms. The van der Waals surface area contributed by atoms with Crippen LogP contribution in [-0.2, 0) is 16.1 Å². The number of aliphatic carboxylic acids is 1. The molecule has 1 aromatic heterocycles. The molecule has 0 radical (unpaired) electrons. The van der Waals surface area contributed by atoms with Gasteiger partial charge in [0.15, 0.2) is 0 Å². The van der Waals surface area contributed by atoms with Crippen molar-refractivity contribution in [3.05, 3.63) is 75.7 Å². The second-order valence-electron chi connectivity index (χ2n) is 9.41. The Bertz CT molecular complexity index is 1220. The van der Waals surface area contributed by atoms with Crippen molar-refractivity contribution >= 4 is 29.3 Å². The number of alkyl carbamates (subject to hydrolysis) is 1. The van der Waals surface area contributed by atoms with E-state index in [2.05, 4.69) is 39.9 Å². The van der Waals surface area contributed by atoms with Crippen molar-refractivity contribution in [3.8, 4) is 11.1 Å². The molecule has 3 N–H and O–H groups in total. The van der Waals surface area contributed by atoms with Crippen molar-refractivity contribution in [3.63, 3.8) is 0 Å². The predicted molar refractivity (Wildman–Crippen MR) is 132 cm³/mol. The number of nitrogens with zero attached hydrogens (tertiary/aromatic N) is 1. The highest BCUT2D eigenvalue weighted by Gasteiger charge is 2.33. The lowest BCUT2D eigenvalue weighted by Crippen LogP contribution is -2.48. The zero-order valence-corrected chi connectivity index (χ0v) is 20.5. The molecule has 4 rings (SSSR count). The Kier molecular flexibility index (Phi) is 6.88. The van der Waals surface area contributed by atoms with Gasteiger partial charge in [-0.3, -0.25) is 4.79 Å². The normalized spacial score (nSPS) is 13.5. The Morgan fingerprint density at radius 3 is 2.23 bits per heavy atom. The van der Waals surface area contributed by atoms with Crippen LogP contribution in [0.25, 0.3) is 11.1 Å². The fraction of sp³-hybridized carbons (Fsp3) is 0.308. The SMILES string of the molecule is CC(C)(C)[C@H](NC(=O)c1cnc(CNC(=O)OCC2c3ccccc3-c3ccccc32)s1)C(=O)O. The minimum absolute atomic E-state index is 0.0340. The molecule has 8 nitrogen and oxygen atoms in total. The van der Waals surface area contributed by atoms with Crippen LogP contribution in [0.3, 0.4) is 0 Å². The van der Waals surface area contributed by atoms with Gasteiger partial charge >= 0.3 is 12.1 Å². The Morgan fingerprint density at radius 1 is 1.06 bits per heavy atom. The molecule has 0 saturated heterocycles. The number of aromatic nitrogens is 1. The monoisotopic (exact) mass is 493 g/mol. The minimum atomic E-state index is -1.10. The van der Waals surface area contributed by atoms with Crippen molar-refractivity contribution < 1.29 is 24.2 Å². The number of rotatable bonds is 7. The highest BCUT2D eigenvalue weighted by Crippen LogP contribution is 2.44. The smallest absolute Gasteiger partial charge is 0.407 e. The van der Waals surface area contributed by atoms with E-state index in [1.165, 1.54) is 6.20 Å². The Morgan fingerprint density at radius 2 is 1.66 bits per heavy atom. The summed E-state index contributed by atoms with van der Waals surface area (Å²) in [5.74, 6) is -1.65. The third-order valence-corrected chi connectivity index (χ3v) is 6.89. The number of amides is 2. The molecule has 1 aliphatic carbocycles. The van der Waals surface area contributed by atoms with E-state index in [1.54, 1.807) is 20.8 Å². The van der Waals surface area contributed by atoms with E-state index >= 15 is 0 Å². The maximum absolute atomic E-state index is 12.5. The molecule has 1 heterocycles. The number of thiazole rings is 1. The van der Waals surface area contributed by atoms with E-state index in [9.17, 15) is 19.5 Å². The maximum atomic E-state index is 12.5. The van der Waals surface area contributed by atoms with Gasteiger partial charge in [0, 0.05) is 5.92 Å². The van der Waals surface area contributed by atoms with E-state index in [-0.39, 0.29) is 23.9 Å². The van der Waals surface area contributed by atoms with Crippen molar-refractivity contribution in [1.82, 2.24) is 15.6 Å². The van der Waals surface area contributed by atoms with Crippen LogP contribution in [0.5, 0.6) is 0 Å². The summed E-state index contributed by atoms with van der Waals surface area (Å²) in [6, 6.07) is 15.2. The Balaban J connectivity index is 1.32. The molecule has 0 spiro atoms. The van der Waals surface area contributed by atoms with E-state index in [0.29, 0.717) is 5.01 Å². The number of carboxylic acids is 1. The number of carbonyl (C=O) groups excluding carboxylic acids is 2. The predicted octanol–water partition coefficient (Wildman–Crippen LogP) is 4.41. The molecule has 3 aromatic rings. The average Bonchev–Trinajstić information content (AvgIpc) is 3.42. The summed E-state index contributed by atoms with van der Waals surface area (Å²) in [5, 5.41) is 15.1. The topological polar surface area (TPSA) is 118 Å². The second-order valence-corrected chi connectivity index (χ2v) is 10.5. The lowest BCUT2D eigenvalue weighted by atomic mass is 9.87. The molecule has 1 aliphatic rings. The van der Waals surface area contributed by atoms with Crippen molar-refractivity contribution in [2.75, 3.05) is 6.61 Å². The first kappa shape index (κ1) is 24.4. The van der Waals surface area contributed by atoms with Crippen LogP contribution in [0.1, 0.15) is 52.5 Å². The fourth-order valence-electron chi connectivity index (χ4n) is 4.15. The van der Waals surface area contributed by atoms with Gasteiger partial charge < -0.3 is 20.5 Å². The van der Waals surface area contributed by atoms with Crippen LogP contribution < -0.4 is 10.6 Å². The molecule has 2 amide bonds. The summed E-state index contributed by atoms with van der Waals surface area (Å²) in [6.45, 7) is 5.51. The van der Waals surface area contributed by atoms with Gasteiger partial charge in [-0.25, -0.2) is 14.6 Å². The summed E-state index contributed by atoms with van der Waals surface area (Å²) < 4.78 is 5.51. The van der Waals surface area contributed by atoms with Gasteiger partial charge in [0.25, 0.3) is 5.91 Å². The molecule has 182 valence electrons. The van der Waals surface area contributed by atoms with Gasteiger partial charge in [-0.05, 0) is 27.7 Å². The third-order valence-electron chi connectivity index (χ3n) is 5.89. The number of hydrogen-bond donors (Lipinski definition) is 3. The number of fused-ring (bicyclic) bond motifs is 3. The number of hydrogen-bond acceptors (Lipinski definition) is 6. The van der Waals surface area contributed by atoms with Gasteiger partial charge in [-0.15, -0.1) is 11.3 Å². The molecule has 0 fully saturated rings. The van der Waals surface area contributed by atoms with Gasteiger partial charge in [-0.2, -0.15) is 0 Å². The van der Waals surface area contributed by atoms with Gasteiger partial charge in [0.2, 0.25) is 0 Å². The summed E-state index contributed by atoms with van der Waals surface area (Å²) >= 11 is 1.09. The standard InChI is InChI=1S/C26H27N3O5S/c1-26(2,3)22(24(31)32)29-23(30)20-12-27-21(35-20)13-28-25(33)34-14-19-17-10-6-4-8-15(17)16-9-5-7-11-18(16)19/h4-12,19,22H,13-14H2,1-3H3,(H,28,33)(H,29,30)(H,31,32)/t22-/m1/s1. The molecule has 2 aromatic carbocycles. The van der Waals surface area contributed by atoms with Crippen LogP contribution in [0.4, 0.5) is 4.79 Å². The molecule has 1 atom stereocenters. The number of ether oxygens (including phenoxy) is 1. The lowest BCUT2D eigenvalue weighted by Gasteiger charge is -2.27. The van der Waals surface area contributed by atoms with E-state index in [4.69, 9.17) is 4.74 Å². The summed E-state index contributed by atoms with van der Waals surface area (Å²) in [6.07, 6.45) is 0.794. The minimum Gasteiger partial charge on any atom is -0.480 e. The molecule has 0 saturated carbocycles. The number of carbonyl (C=O) groups is 3. The average molecular weight is 494 g/mol. The largest absolute Gasteiger partial charge is 0.480 e. The molecule has 0 aliphatic heterocycles. The maximum Gasteiger partial charge on any atom is 0.407 e. The Hall–Kier alpha value is -3.72. The quantitative estimate of drug-likeness (QED) is 0.449. The first-order valence-electron chi connectivity index (χ1n) is 11.2. The van der Waals surface area contributed by atoms with Gasteiger partial charge in [0.1, 0.15) is 22.5 Å². The number of nitrogens with one attached hydrogen (secondary N) is 2. The highest BCUT2D eigenvalue weighted by molar-refractivity contribution is 7.13. The van der Waals surface area contributed by atoms with E-state index in [0.717, 1.165) is 33.6 Å². The van der Waals surface area contributed by atoms with Crippen LogP contribution in [0.15, 0.2) is 54.7 Å². The van der Waals surface area contributed by atoms with Crippen molar-refractivity contribution in [2.24, 2.45) is 5.41 Å². The van der Waals surface area contributed by atoms with Crippen molar-refractivity contribution in [1.29, 1.82) is 0 Å². The summed E-state index contributed by atoms with van der Waals surface area (Å²) in [7, 11) is 0. The van der Waals surface area contributed by atoms with Crippen LogP contribution >= 0.6 is 11.3 Å². The highest BCUT2D eigenvalue weighted by atomic mass is 32.1. The Labute approximate surface area is 207 Å². The number of carboxylic acid groups (broad SMARTS) is 1. The van der Waals surface area contributed by atoms with Crippen LogP contribution in [0.2, 0.25) is 0 Å². The molecule has 35 heavy (non-hydrogen) atoms. The van der Waals surface area contributed by atoms with Crippen LogP contribution in [0, 0.1) is 5.41 Å². The molecular weight excluding hydrogens is 466 g/mol. The van der Waals surface area contributed by atoms with Gasteiger partial charge in [0.05, 0.1) is 12.7 Å². The van der Waals surface area contributed by atoms with E-state index in [1.807, 2.05) is 24.3 Å². The zero-order chi connectivity index (χ0) is 25.2. The second kappa shape index (κ2) is 9.87. The molecule has 0 bridgehead atoms. The first-order chi connectivity index (χ1) is 16.6.